The summed E-state index contributed by atoms with van der Waals surface area (Å²) >= 11 is 0. The van der Waals surface area contributed by atoms with Gasteiger partial charge in [-0.15, -0.1) is 0 Å². The van der Waals surface area contributed by atoms with Crippen LogP contribution in [0.3, 0.4) is 0 Å². The number of nitrogens with one attached hydrogen (secondary N) is 1. The second-order valence-corrected chi connectivity index (χ2v) is 4.70. The number of pyridine rings is 1. The summed E-state index contributed by atoms with van der Waals surface area (Å²) in [6, 6.07) is 6.49. The number of hydrogen-bond donors (Lipinski definition) is 1. The van der Waals surface area contributed by atoms with Gasteiger partial charge in [0.1, 0.15) is 0 Å². The Balaban J connectivity index is 2.36. The van der Waals surface area contributed by atoms with Gasteiger partial charge in [-0.2, -0.15) is 5.10 Å². The zero-order valence-electron chi connectivity index (χ0n) is 11.9. The van der Waals surface area contributed by atoms with Gasteiger partial charge < -0.3 is 5.32 Å². The molecule has 0 aliphatic rings. The second-order valence-electron chi connectivity index (χ2n) is 4.70. The largest absolute Gasteiger partial charge is 0.305 e. The Kier molecular flexibility index (Phi) is 4.68. The molecule has 0 aromatic carbocycles. The molecule has 1 atom stereocenters. The highest BCUT2D eigenvalue weighted by atomic mass is 15.3. The van der Waals surface area contributed by atoms with Gasteiger partial charge in [0.2, 0.25) is 0 Å². The van der Waals surface area contributed by atoms with E-state index in [4.69, 9.17) is 0 Å². The molecule has 0 saturated heterocycles. The van der Waals surface area contributed by atoms with E-state index in [9.17, 15) is 0 Å². The molecule has 4 nitrogen and oxygen atoms in total. The molecule has 2 aromatic heterocycles. The Hall–Kier alpha value is -1.68. The SMILES string of the molecule is CCCn1nccc1C(NCC)c1ccnc(C)c1. The molecule has 0 aliphatic carbocycles. The van der Waals surface area contributed by atoms with Gasteiger partial charge >= 0.3 is 0 Å². The molecule has 4 heteroatoms. The maximum Gasteiger partial charge on any atom is 0.0749 e. The lowest BCUT2D eigenvalue weighted by molar-refractivity contribution is 0.520. The molecule has 0 aliphatic heterocycles. The summed E-state index contributed by atoms with van der Waals surface area (Å²) in [7, 11) is 0. The fourth-order valence-electron chi connectivity index (χ4n) is 2.33. The smallest absolute Gasteiger partial charge is 0.0749 e. The van der Waals surface area contributed by atoms with Crippen molar-refractivity contribution in [2.45, 2.75) is 39.8 Å². The molecular formula is C15H22N4. The molecule has 0 amide bonds. The van der Waals surface area contributed by atoms with E-state index in [1.54, 1.807) is 0 Å². The molecule has 0 saturated carbocycles. The minimum atomic E-state index is 0.181. The quantitative estimate of drug-likeness (QED) is 0.866. The number of rotatable bonds is 6. The monoisotopic (exact) mass is 258 g/mol. The minimum absolute atomic E-state index is 0.181. The Labute approximate surface area is 114 Å². The molecule has 102 valence electrons. The van der Waals surface area contributed by atoms with Crippen molar-refractivity contribution >= 4 is 0 Å². The first-order valence-electron chi connectivity index (χ1n) is 6.93. The summed E-state index contributed by atoms with van der Waals surface area (Å²) in [5.74, 6) is 0. The summed E-state index contributed by atoms with van der Waals surface area (Å²) in [5.41, 5.74) is 3.50. The molecular weight excluding hydrogens is 236 g/mol. The zero-order valence-corrected chi connectivity index (χ0v) is 11.9. The molecule has 0 bridgehead atoms. The predicted molar refractivity (Wildman–Crippen MR) is 77.0 cm³/mol. The molecule has 19 heavy (non-hydrogen) atoms. The molecule has 0 spiro atoms. The average Bonchev–Trinajstić information content (AvgIpc) is 2.84. The lowest BCUT2D eigenvalue weighted by Gasteiger charge is -2.20. The van der Waals surface area contributed by atoms with Crippen molar-refractivity contribution < 1.29 is 0 Å². The Bertz CT molecular complexity index is 518. The van der Waals surface area contributed by atoms with Gasteiger partial charge in [0, 0.05) is 24.6 Å². The topological polar surface area (TPSA) is 42.7 Å². The van der Waals surface area contributed by atoms with Crippen molar-refractivity contribution in [1.29, 1.82) is 0 Å². The van der Waals surface area contributed by atoms with E-state index in [1.165, 1.54) is 11.3 Å². The molecule has 0 radical (unpaired) electrons. The van der Waals surface area contributed by atoms with Crippen LogP contribution in [0.15, 0.2) is 30.6 Å². The van der Waals surface area contributed by atoms with Crippen LogP contribution in [0.25, 0.3) is 0 Å². The fourth-order valence-corrected chi connectivity index (χ4v) is 2.33. The standard InChI is InChI=1S/C15H22N4/c1-4-10-19-14(7-9-18-19)15(16-5-2)13-6-8-17-12(3)11-13/h6-9,11,15-16H,4-5,10H2,1-3H3. The summed E-state index contributed by atoms with van der Waals surface area (Å²) in [4.78, 5) is 4.27. The van der Waals surface area contributed by atoms with Gasteiger partial charge in [0.25, 0.3) is 0 Å². The van der Waals surface area contributed by atoms with Crippen LogP contribution in [0, 0.1) is 6.92 Å². The van der Waals surface area contributed by atoms with Crippen molar-refractivity contribution in [3.05, 3.63) is 47.5 Å². The summed E-state index contributed by atoms with van der Waals surface area (Å²) in [6.07, 6.45) is 4.84. The minimum Gasteiger partial charge on any atom is -0.305 e. The molecule has 1 N–H and O–H groups in total. The van der Waals surface area contributed by atoms with E-state index < -0.39 is 0 Å². The van der Waals surface area contributed by atoms with E-state index in [0.717, 1.165) is 25.2 Å². The Morgan fingerprint density at radius 1 is 1.26 bits per heavy atom. The molecule has 2 heterocycles. The van der Waals surface area contributed by atoms with Crippen LogP contribution < -0.4 is 5.32 Å². The van der Waals surface area contributed by atoms with Crippen molar-refractivity contribution in [1.82, 2.24) is 20.1 Å². The lowest BCUT2D eigenvalue weighted by Crippen LogP contribution is -2.25. The van der Waals surface area contributed by atoms with E-state index in [2.05, 4.69) is 52.1 Å². The van der Waals surface area contributed by atoms with Crippen molar-refractivity contribution in [3.8, 4) is 0 Å². The van der Waals surface area contributed by atoms with Crippen LogP contribution >= 0.6 is 0 Å². The maximum absolute atomic E-state index is 4.42. The van der Waals surface area contributed by atoms with Crippen molar-refractivity contribution in [3.63, 3.8) is 0 Å². The third kappa shape index (κ3) is 3.20. The van der Waals surface area contributed by atoms with E-state index in [1.807, 2.05) is 19.3 Å². The summed E-state index contributed by atoms with van der Waals surface area (Å²) in [5, 5.41) is 7.96. The third-order valence-electron chi connectivity index (χ3n) is 3.14. The van der Waals surface area contributed by atoms with Crippen LogP contribution in [0.2, 0.25) is 0 Å². The highest BCUT2D eigenvalue weighted by Gasteiger charge is 2.17. The van der Waals surface area contributed by atoms with Gasteiger partial charge in [-0.25, -0.2) is 0 Å². The van der Waals surface area contributed by atoms with Gasteiger partial charge in [0.15, 0.2) is 0 Å². The van der Waals surface area contributed by atoms with E-state index in [-0.39, 0.29) is 6.04 Å². The first kappa shape index (κ1) is 13.7. The van der Waals surface area contributed by atoms with Crippen LogP contribution in [-0.4, -0.2) is 21.3 Å². The van der Waals surface area contributed by atoms with Crippen LogP contribution in [0.4, 0.5) is 0 Å². The zero-order chi connectivity index (χ0) is 13.7. The lowest BCUT2D eigenvalue weighted by atomic mass is 10.0. The second kappa shape index (κ2) is 6.48. The van der Waals surface area contributed by atoms with Gasteiger partial charge in [-0.05, 0) is 43.7 Å². The average molecular weight is 258 g/mol. The number of nitrogens with zero attached hydrogens (tertiary/aromatic N) is 3. The van der Waals surface area contributed by atoms with Crippen molar-refractivity contribution in [2.75, 3.05) is 6.54 Å². The predicted octanol–water partition coefficient (Wildman–Crippen LogP) is 2.70. The van der Waals surface area contributed by atoms with E-state index >= 15 is 0 Å². The Morgan fingerprint density at radius 2 is 2.11 bits per heavy atom. The van der Waals surface area contributed by atoms with E-state index in [0.29, 0.717) is 0 Å². The highest BCUT2D eigenvalue weighted by molar-refractivity contribution is 5.27. The fraction of sp³-hybridized carbons (Fsp3) is 0.467. The molecule has 1 unspecified atom stereocenters. The molecule has 2 aromatic rings. The first-order valence-corrected chi connectivity index (χ1v) is 6.93. The normalized spacial score (nSPS) is 12.6. The van der Waals surface area contributed by atoms with Gasteiger partial charge in [-0.3, -0.25) is 9.67 Å². The van der Waals surface area contributed by atoms with Crippen molar-refractivity contribution in [2.24, 2.45) is 0 Å². The molecule has 0 fully saturated rings. The number of aromatic nitrogens is 3. The number of hydrogen-bond acceptors (Lipinski definition) is 3. The molecule has 2 rings (SSSR count). The van der Waals surface area contributed by atoms with Gasteiger partial charge in [-0.1, -0.05) is 13.8 Å². The number of aryl methyl sites for hydroxylation is 2. The highest BCUT2D eigenvalue weighted by Crippen LogP contribution is 2.22. The third-order valence-corrected chi connectivity index (χ3v) is 3.14. The summed E-state index contributed by atoms with van der Waals surface area (Å²) < 4.78 is 2.09. The van der Waals surface area contributed by atoms with Crippen LogP contribution in [-0.2, 0) is 6.54 Å². The van der Waals surface area contributed by atoms with Crippen LogP contribution in [0.5, 0.6) is 0 Å². The Morgan fingerprint density at radius 3 is 2.79 bits per heavy atom. The first-order chi connectivity index (χ1) is 9.26. The maximum atomic E-state index is 4.42. The van der Waals surface area contributed by atoms with Gasteiger partial charge in [0.05, 0.1) is 11.7 Å². The van der Waals surface area contributed by atoms with Crippen LogP contribution in [0.1, 0.15) is 43.3 Å². The summed E-state index contributed by atoms with van der Waals surface area (Å²) in [6.45, 7) is 8.19.